The quantitative estimate of drug-likeness (QED) is 0.346. The number of benzene rings is 1. The Balaban J connectivity index is 0.00000361. The molecule has 0 fully saturated rings. The minimum Gasteiger partial charge on any atom is -0.460 e. The van der Waals surface area contributed by atoms with Gasteiger partial charge >= 0.3 is 5.97 Å². The number of ether oxygens (including phenoxy) is 2. The SMILES string of the molecule is Cl.NCCOCCOC(=O)/C=C/C=C/c1ccccc1. The zero-order valence-corrected chi connectivity index (χ0v) is 12.1. The molecular formula is C15H20ClNO3. The van der Waals surface area contributed by atoms with Crippen LogP contribution in [0.5, 0.6) is 0 Å². The van der Waals surface area contributed by atoms with Crippen molar-refractivity contribution in [2.45, 2.75) is 0 Å². The monoisotopic (exact) mass is 297 g/mol. The summed E-state index contributed by atoms with van der Waals surface area (Å²) in [5, 5.41) is 0. The molecule has 0 aliphatic rings. The van der Waals surface area contributed by atoms with Gasteiger partial charge in [-0.1, -0.05) is 48.6 Å². The maximum atomic E-state index is 11.3. The Hall–Kier alpha value is -1.62. The lowest BCUT2D eigenvalue weighted by Gasteiger charge is -2.02. The third kappa shape index (κ3) is 9.33. The van der Waals surface area contributed by atoms with E-state index in [-0.39, 0.29) is 25.0 Å². The molecule has 0 aromatic heterocycles. The van der Waals surface area contributed by atoms with Crippen molar-refractivity contribution in [1.29, 1.82) is 0 Å². The van der Waals surface area contributed by atoms with Crippen LogP contribution in [-0.2, 0) is 14.3 Å². The van der Waals surface area contributed by atoms with Crippen LogP contribution >= 0.6 is 12.4 Å². The minimum absolute atomic E-state index is 0. The van der Waals surface area contributed by atoms with Gasteiger partial charge in [-0.25, -0.2) is 4.79 Å². The van der Waals surface area contributed by atoms with Gasteiger partial charge in [-0.15, -0.1) is 12.4 Å². The van der Waals surface area contributed by atoms with Gasteiger partial charge in [0, 0.05) is 12.6 Å². The Bertz CT molecular complexity index is 418. The van der Waals surface area contributed by atoms with Crippen molar-refractivity contribution in [1.82, 2.24) is 0 Å². The molecule has 0 atom stereocenters. The molecule has 0 saturated carbocycles. The molecule has 1 aromatic rings. The lowest BCUT2D eigenvalue weighted by molar-refractivity contribution is -0.139. The summed E-state index contributed by atoms with van der Waals surface area (Å²) >= 11 is 0. The average Bonchev–Trinajstić information content (AvgIpc) is 2.44. The van der Waals surface area contributed by atoms with E-state index in [1.807, 2.05) is 36.4 Å². The molecule has 0 unspecified atom stereocenters. The smallest absolute Gasteiger partial charge is 0.330 e. The predicted octanol–water partition coefficient (Wildman–Crippen LogP) is 2.20. The first kappa shape index (κ1) is 18.4. The van der Waals surface area contributed by atoms with Crippen LogP contribution in [0.1, 0.15) is 5.56 Å². The molecule has 5 heteroatoms. The number of rotatable bonds is 8. The van der Waals surface area contributed by atoms with Crippen LogP contribution in [0.3, 0.4) is 0 Å². The summed E-state index contributed by atoms with van der Waals surface area (Å²) in [6, 6.07) is 9.84. The van der Waals surface area contributed by atoms with Gasteiger partial charge in [0.05, 0.1) is 13.2 Å². The number of nitrogens with two attached hydrogens (primary N) is 1. The minimum atomic E-state index is -0.380. The maximum absolute atomic E-state index is 11.3. The molecule has 0 aliphatic heterocycles. The molecule has 1 aromatic carbocycles. The fourth-order valence-electron chi connectivity index (χ4n) is 1.30. The Morgan fingerprint density at radius 1 is 1.10 bits per heavy atom. The number of allylic oxidation sites excluding steroid dienone is 2. The summed E-state index contributed by atoms with van der Waals surface area (Å²) in [7, 11) is 0. The van der Waals surface area contributed by atoms with Crippen molar-refractivity contribution in [3.8, 4) is 0 Å². The van der Waals surface area contributed by atoms with E-state index in [1.54, 1.807) is 12.2 Å². The molecule has 110 valence electrons. The predicted molar refractivity (Wildman–Crippen MR) is 82.7 cm³/mol. The van der Waals surface area contributed by atoms with Gasteiger partial charge in [-0.2, -0.15) is 0 Å². The largest absolute Gasteiger partial charge is 0.460 e. The Morgan fingerprint density at radius 2 is 1.85 bits per heavy atom. The molecule has 4 nitrogen and oxygen atoms in total. The zero-order valence-electron chi connectivity index (χ0n) is 11.2. The van der Waals surface area contributed by atoms with Gasteiger partial charge in [0.15, 0.2) is 0 Å². The van der Waals surface area contributed by atoms with Gasteiger partial charge in [-0.3, -0.25) is 0 Å². The molecule has 0 heterocycles. The van der Waals surface area contributed by atoms with Crippen molar-refractivity contribution in [2.24, 2.45) is 5.73 Å². The maximum Gasteiger partial charge on any atom is 0.330 e. The molecule has 2 N–H and O–H groups in total. The molecular weight excluding hydrogens is 278 g/mol. The highest BCUT2D eigenvalue weighted by molar-refractivity contribution is 5.85. The highest BCUT2D eigenvalue weighted by Crippen LogP contribution is 2.00. The van der Waals surface area contributed by atoms with Gasteiger partial charge in [-0.05, 0) is 5.56 Å². The first-order valence-corrected chi connectivity index (χ1v) is 6.17. The van der Waals surface area contributed by atoms with Crippen LogP contribution in [0.2, 0.25) is 0 Å². The lowest BCUT2D eigenvalue weighted by Crippen LogP contribution is -2.13. The number of esters is 1. The van der Waals surface area contributed by atoms with Gasteiger partial charge in [0.2, 0.25) is 0 Å². The van der Waals surface area contributed by atoms with Crippen LogP contribution in [0.15, 0.2) is 48.6 Å². The van der Waals surface area contributed by atoms with Crippen molar-refractivity contribution >= 4 is 24.5 Å². The Morgan fingerprint density at radius 3 is 2.55 bits per heavy atom. The van der Waals surface area contributed by atoms with Crippen molar-refractivity contribution in [2.75, 3.05) is 26.4 Å². The third-order valence-corrected chi connectivity index (χ3v) is 2.17. The van der Waals surface area contributed by atoms with Crippen molar-refractivity contribution in [3.63, 3.8) is 0 Å². The normalized spacial score (nSPS) is 10.7. The molecule has 0 aliphatic carbocycles. The number of halogens is 1. The van der Waals surface area contributed by atoms with Crippen LogP contribution in [0.4, 0.5) is 0 Å². The van der Waals surface area contributed by atoms with Gasteiger partial charge in [0.25, 0.3) is 0 Å². The second-order valence-electron chi connectivity index (χ2n) is 3.70. The highest BCUT2D eigenvalue weighted by Gasteiger charge is 1.95. The fourth-order valence-corrected chi connectivity index (χ4v) is 1.30. The molecule has 0 bridgehead atoms. The molecule has 0 radical (unpaired) electrons. The first-order chi connectivity index (χ1) is 9.33. The van der Waals surface area contributed by atoms with E-state index in [0.29, 0.717) is 19.8 Å². The first-order valence-electron chi connectivity index (χ1n) is 6.17. The summed E-state index contributed by atoms with van der Waals surface area (Å²) in [5.74, 6) is -0.380. The van der Waals surface area contributed by atoms with Crippen LogP contribution < -0.4 is 5.73 Å². The molecule has 0 spiro atoms. The van der Waals surface area contributed by atoms with Gasteiger partial charge < -0.3 is 15.2 Å². The van der Waals surface area contributed by atoms with E-state index in [2.05, 4.69) is 0 Å². The van der Waals surface area contributed by atoms with Crippen LogP contribution in [0, 0.1) is 0 Å². The molecule has 0 saturated heterocycles. The fraction of sp³-hybridized carbons (Fsp3) is 0.267. The number of carbonyl (C=O) groups excluding carboxylic acids is 1. The summed E-state index contributed by atoms with van der Waals surface area (Å²) < 4.78 is 9.99. The molecule has 0 amide bonds. The standard InChI is InChI=1S/C15H19NO3.ClH/c16-10-11-18-12-13-19-15(17)9-5-4-8-14-6-2-1-3-7-14;/h1-9H,10-13,16H2;1H/b8-4+,9-5+;. The van der Waals surface area contributed by atoms with Crippen molar-refractivity contribution < 1.29 is 14.3 Å². The Labute approximate surface area is 125 Å². The van der Waals surface area contributed by atoms with E-state index in [1.165, 1.54) is 6.08 Å². The highest BCUT2D eigenvalue weighted by atomic mass is 35.5. The van der Waals surface area contributed by atoms with Crippen molar-refractivity contribution in [3.05, 3.63) is 54.1 Å². The second-order valence-corrected chi connectivity index (χ2v) is 3.70. The molecule has 1 rings (SSSR count). The van der Waals surface area contributed by atoms with E-state index in [0.717, 1.165) is 5.56 Å². The number of hydrogen-bond acceptors (Lipinski definition) is 4. The summed E-state index contributed by atoms with van der Waals surface area (Å²) in [6.45, 7) is 1.56. The van der Waals surface area contributed by atoms with Gasteiger partial charge in [0.1, 0.15) is 6.61 Å². The lowest BCUT2D eigenvalue weighted by atomic mass is 10.2. The van der Waals surface area contributed by atoms with E-state index < -0.39 is 0 Å². The Kier molecular flexibility index (Phi) is 11.4. The van der Waals surface area contributed by atoms with E-state index in [4.69, 9.17) is 15.2 Å². The van der Waals surface area contributed by atoms with E-state index in [9.17, 15) is 4.79 Å². The second kappa shape index (κ2) is 12.4. The zero-order chi connectivity index (χ0) is 13.8. The molecule has 20 heavy (non-hydrogen) atoms. The summed E-state index contributed by atoms with van der Waals surface area (Å²) in [5.41, 5.74) is 6.33. The number of carbonyl (C=O) groups is 1. The van der Waals surface area contributed by atoms with E-state index >= 15 is 0 Å². The third-order valence-electron chi connectivity index (χ3n) is 2.17. The number of hydrogen-bond donors (Lipinski definition) is 1. The van der Waals surface area contributed by atoms with Crippen LogP contribution in [-0.4, -0.2) is 32.3 Å². The summed E-state index contributed by atoms with van der Waals surface area (Å²) in [4.78, 5) is 11.3. The topological polar surface area (TPSA) is 61.6 Å². The van der Waals surface area contributed by atoms with Crippen LogP contribution in [0.25, 0.3) is 6.08 Å². The average molecular weight is 298 g/mol. The summed E-state index contributed by atoms with van der Waals surface area (Å²) in [6.07, 6.45) is 6.73.